The average Bonchev–Trinajstić information content (AvgIpc) is 3.51. The topological polar surface area (TPSA) is 85.8 Å². The Balaban J connectivity index is 0.00000126. The maximum absolute atomic E-state index is 6.82. The summed E-state index contributed by atoms with van der Waals surface area (Å²) in [7, 11) is 1.71. The third-order valence-corrected chi connectivity index (χ3v) is 14.2. The number of fused-ring (bicyclic) bond motifs is 1. The van der Waals surface area contributed by atoms with Crippen LogP contribution < -0.4 is 22.0 Å². The van der Waals surface area contributed by atoms with Crippen molar-refractivity contribution in [3.8, 4) is 0 Å². The number of thiol groups is 1. The highest BCUT2D eigenvalue weighted by Gasteiger charge is 2.42. The van der Waals surface area contributed by atoms with Crippen molar-refractivity contribution in [3.05, 3.63) is 166 Å². The molecular weight excluding hydrogens is 849 g/mol. The van der Waals surface area contributed by atoms with Crippen LogP contribution in [0.1, 0.15) is 141 Å². The summed E-state index contributed by atoms with van der Waals surface area (Å²) in [4.78, 5) is 7.31. The minimum atomic E-state index is -0.166. The van der Waals surface area contributed by atoms with E-state index in [1.165, 1.54) is 75.2 Å². The van der Waals surface area contributed by atoms with Crippen molar-refractivity contribution in [2.75, 3.05) is 30.1 Å². The normalized spacial score (nSPS) is 21.8. The summed E-state index contributed by atoms with van der Waals surface area (Å²) in [6, 6.07) is 13.4. The van der Waals surface area contributed by atoms with Gasteiger partial charge in [0.2, 0.25) is 0 Å². The third-order valence-electron chi connectivity index (χ3n) is 13.2. The van der Waals surface area contributed by atoms with Crippen molar-refractivity contribution in [2.45, 2.75) is 125 Å². The molecule has 0 bridgehead atoms. The van der Waals surface area contributed by atoms with Crippen molar-refractivity contribution in [3.63, 3.8) is 0 Å². The van der Waals surface area contributed by atoms with Crippen molar-refractivity contribution in [1.29, 1.82) is 0 Å². The Bertz CT molecular complexity index is 2180. The third kappa shape index (κ3) is 14.4. The van der Waals surface area contributed by atoms with Gasteiger partial charge in [0.1, 0.15) is 0 Å². The highest BCUT2D eigenvalue weighted by atomic mass is 32.2. The first-order valence-electron chi connectivity index (χ1n) is 24.3. The molecule has 66 heavy (non-hydrogen) atoms. The number of hydroxylamine groups is 1. The van der Waals surface area contributed by atoms with Crippen LogP contribution >= 0.6 is 24.7 Å². The number of anilines is 1. The molecule has 5 rings (SSSR count). The second-order valence-electron chi connectivity index (χ2n) is 18.9. The highest BCUT2D eigenvalue weighted by Crippen LogP contribution is 2.52. The van der Waals surface area contributed by atoms with E-state index in [1.54, 1.807) is 7.11 Å². The fourth-order valence-electron chi connectivity index (χ4n) is 9.94. The first-order chi connectivity index (χ1) is 31.7. The van der Waals surface area contributed by atoms with Crippen LogP contribution in [-0.2, 0) is 21.0 Å². The lowest BCUT2D eigenvalue weighted by molar-refractivity contribution is 0.0798. The van der Waals surface area contributed by atoms with E-state index in [9.17, 15) is 0 Å². The molecule has 0 aromatic heterocycles. The monoisotopic (exact) mass is 931 g/mol. The standard InChI is InChI=1S/C53H70N4OS.C5H12OS/c1-10-18-45-40(11-2)29-32-47-51(45)53(8,9)48(57(47)35-14-15-36-59)33-30-43-22-16-21-42(49(43)44-27-25-41(26-28-44)39(5)56-58-55)23-17-34-52(6,7)50-38(4)20-13-12-19-37(3)24-31-46(50)54;1-3-4-5-7-6-2/h10,12-13,17-20,23-29,31-33,38,43,56,59H,3,5,11,14-16,21-22,30,34-36,54-55H2,1-2,4,6-9H3;3-5H2,1-2H3/b18-10-,19-12-,20-13-,23-17+,31-24-,48-33-,50-46-;. The smallest absolute Gasteiger partial charge is 0.0624 e. The van der Waals surface area contributed by atoms with Crippen LogP contribution in [0.25, 0.3) is 17.3 Å². The van der Waals surface area contributed by atoms with E-state index in [4.69, 9.17) is 15.8 Å². The molecule has 0 saturated heterocycles. The molecule has 0 amide bonds. The molecular formula is C58H82N4O2S2. The SMILES string of the molecule is C=C1/C=C\C=C/C(C)/C(C(C)(C)C/C=C/C2=C(c3ccc(C(=C)NON)cc3)C(C/C=C3\N(CCCCS)c4ccc(CC)c(/C=C\C)c4C3(C)C)CCC2)=C(N)\C=C/1.CCCCSOC. The quantitative estimate of drug-likeness (QED) is 0.0455. The molecule has 1 aliphatic heterocycles. The van der Waals surface area contributed by atoms with Gasteiger partial charge < -0.3 is 14.8 Å². The van der Waals surface area contributed by atoms with Crippen LogP contribution in [0, 0.1) is 17.3 Å². The first kappa shape index (κ1) is 54.4. The van der Waals surface area contributed by atoms with Gasteiger partial charge in [-0.05, 0) is 162 Å². The van der Waals surface area contributed by atoms with E-state index in [0.29, 0.717) is 11.6 Å². The lowest BCUT2D eigenvalue weighted by atomic mass is 9.73. The Labute approximate surface area is 410 Å². The predicted molar refractivity (Wildman–Crippen MR) is 294 cm³/mol. The van der Waals surface area contributed by atoms with E-state index in [0.717, 1.165) is 86.3 Å². The molecule has 2 aromatic carbocycles. The summed E-state index contributed by atoms with van der Waals surface area (Å²) >= 11 is 6.11. The molecule has 0 spiro atoms. The Morgan fingerprint density at radius 2 is 1.80 bits per heavy atom. The highest BCUT2D eigenvalue weighted by molar-refractivity contribution is 7.94. The fourth-order valence-corrected chi connectivity index (χ4v) is 10.7. The van der Waals surface area contributed by atoms with Gasteiger partial charge in [-0.25, -0.2) is 5.48 Å². The van der Waals surface area contributed by atoms with E-state index in [-0.39, 0.29) is 16.7 Å². The second-order valence-corrected chi connectivity index (χ2v) is 20.3. The van der Waals surface area contributed by atoms with Gasteiger partial charge in [0.15, 0.2) is 0 Å². The largest absolute Gasteiger partial charge is 0.399 e. The Morgan fingerprint density at radius 1 is 1.05 bits per heavy atom. The first-order valence-corrected chi connectivity index (χ1v) is 25.8. The van der Waals surface area contributed by atoms with Crippen molar-refractivity contribution >= 4 is 47.7 Å². The van der Waals surface area contributed by atoms with Gasteiger partial charge in [0, 0.05) is 34.8 Å². The van der Waals surface area contributed by atoms with Crippen molar-refractivity contribution < 1.29 is 9.12 Å². The maximum Gasteiger partial charge on any atom is 0.0624 e. The number of hydrogen-bond acceptors (Lipinski definition) is 8. The number of nitrogens with one attached hydrogen (secondary N) is 1. The molecule has 0 saturated carbocycles. The summed E-state index contributed by atoms with van der Waals surface area (Å²) in [5.41, 5.74) is 24.9. The minimum Gasteiger partial charge on any atom is -0.399 e. The number of nitrogens with two attached hydrogens (primary N) is 2. The van der Waals surface area contributed by atoms with Gasteiger partial charge in [-0.2, -0.15) is 23.5 Å². The van der Waals surface area contributed by atoms with E-state index < -0.39 is 0 Å². The van der Waals surface area contributed by atoms with Gasteiger partial charge in [-0.1, -0.05) is 159 Å². The minimum absolute atomic E-state index is 0.139. The predicted octanol–water partition coefficient (Wildman–Crippen LogP) is 15.1. The zero-order valence-corrected chi connectivity index (χ0v) is 43.6. The van der Waals surface area contributed by atoms with Crippen LogP contribution in [0.2, 0.25) is 0 Å². The van der Waals surface area contributed by atoms with E-state index in [1.807, 2.05) is 18.2 Å². The van der Waals surface area contributed by atoms with Crippen LogP contribution in [0.4, 0.5) is 5.69 Å². The van der Waals surface area contributed by atoms with Crippen molar-refractivity contribution in [1.82, 2.24) is 5.48 Å². The lowest BCUT2D eigenvalue weighted by Gasteiger charge is -2.32. The number of hydrogen-bond donors (Lipinski definition) is 4. The number of nitrogens with zero attached hydrogens (tertiary/aromatic N) is 1. The zero-order valence-electron chi connectivity index (χ0n) is 41.9. The van der Waals surface area contributed by atoms with Crippen LogP contribution in [0.5, 0.6) is 0 Å². The molecule has 2 aliphatic carbocycles. The van der Waals surface area contributed by atoms with Gasteiger partial charge in [0.05, 0.1) is 12.8 Å². The number of allylic oxidation sites excluding steroid dienone is 15. The summed E-state index contributed by atoms with van der Waals surface area (Å²) in [6.45, 7) is 27.6. The number of benzene rings is 2. The second kappa shape index (κ2) is 27.0. The van der Waals surface area contributed by atoms with Crippen molar-refractivity contribution in [2.24, 2.45) is 28.9 Å². The molecule has 2 aromatic rings. The molecule has 3 aliphatic rings. The molecule has 8 heteroatoms. The number of aryl methyl sites for hydroxylation is 1. The summed E-state index contributed by atoms with van der Waals surface area (Å²) in [5, 5.41) is 0. The van der Waals surface area contributed by atoms with E-state index >= 15 is 0 Å². The summed E-state index contributed by atoms with van der Waals surface area (Å²) < 4.78 is 4.76. The molecule has 6 nitrogen and oxygen atoms in total. The average molecular weight is 931 g/mol. The molecule has 2 atom stereocenters. The van der Waals surface area contributed by atoms with E-state index in [2.05, 4.69) is 182 Å². The van der Waals surface area contributed by atoms with Crippen LogP contribution in [-0.4, -0.2) is 25.2 Å². The molecule has 0 radical (unpaired) electrons. The molecule has 358 valence electrons. The van der Waals surface area contributed by atoms with Gasteiger partial charge in [-0.15, -0.1) is 0 Å². The molecule has 0 fully saturated rings. The lowest BCUT2D eigenvalue weighted by Crippen LogP contribution is -2.27. The summed E-state index contributed by atoms with van der Waals surface area (Å²) in [5.74, 6) is 7.90. The Hall–Kier alpha value is -4.18. The zero-order chi connectivity index (χ0) is 48.3. The fraction of sp³-hybridized carbons (Fsp3) is 0.448. The van der Waals surface area contributed by atoms with Crippen LogP contribution in [0.15, 0.2) is 138 Å². The van der Waals surface area contributed by atoms with Crippen LogP contribution in [0.3, 0.4) is 0 Å². The maximum atomic E-state index is 6.82. The van der Waals surface area contributed by atoms with Gasteiger partial charge in [0.25, 0.3) is 0 Å². The number of rotatable bonds is 20. The molecule has 5 N–H and O–H groups in total. The Morgan fingerprint density at radius 3 is 2.47 bits per heavy atom. The Kier molecular flexibility index (Phi) is 22.2. The number of unbranched alkanes of at least 4 members (excludes halogenated alkanes) is 2. The summed E-state index contributed by atoms with van der Waals surface area (Å²) in [6.07, 6.45) is 35.2. The molecule has 2 unspecified atom stereocenters. The van der Waals surface area contributed by atoms with Gasteiger partial charge >= 0.3 is 0 Å². The molecule has 1 heterocycles. The van der Waals surface area contributed by atoms with Gasteiger partial charge in [-0.3, -0.25) is 0 Å².